The van der Waals surface area contributed by atoms with Crippen LogP contribution in [0.5, 0.6) is 5.75 Å². The zero-order valence-electron chi connectivity index (χ0n) is 10.0. The molecule has 1 unspecified atom stereocenters. The van der Waals surface area contributed by atoms with Crippen molar-refractivity contribution in [1.82, 2.24) is 5.32 Å². The van der Waals surface area contributed by atoms with Crippen molar-refractivity contribution in [3.8, 4) is 5.75 Å². The van der Waals surface area contributed by atoms with Crippen LogP contribution in [0.15, 0.2) is 18.2 Å². The Morgan fingerprint density at radius 3 is 3.06 bits per heavy atom. The van der Waals surface area contributed by atoms with Crippen molar-refractivity contribution in [2.75, 3.05) is 20.3 Å². The van der Waals surface area contributed by atoms with Crippen LogP contribution in [-0.4, -0.2) is 26.4 Å². The molecule has 4 heteroatoms. The number of halogens is 1. The third-order valence-corrected chi connectivity index (χ3v) is 2.97. The van der Waals surface area contributed by atoms with Gasteiger partial charge in [-0.15, -0.1) is 0 Å². The Morgan fingerprint density at radius 2 is 2.41 bits per heavy atom. The highest BCUT2D eigenvalue weighted by atomic mass is 19.1. The molecule has 3 nitrogen and oxygen atoms in total. The van der Waals surface area contributed by atoms with E-state index in [9.17, 15) is 4.39 Å². The Bertz CT molecular complexity index is 364. The monoisotopic (exact) mass is 239 g/mol. The highest BCUT2D eigenvalue weighted by molar-refractivity contribution is 5.29. The molecule has 0 saturated carbocycles. The molecule has 0 radical (unpaired) electrons. The van der Waals surface area contributed by atoms with E-state index in [1.165, 1.54) is 13.2 Å². The van der Waals surface area contributed by atoms with Gasteiger partial charge >= 0.3 is 0 Å². The molecule has 1 aromatic carbocycles. The van der Waals surface area contributed by atoms with Gasteiger partial charge in [-0.2, -0.15) is 0 Å². The molecule has 1 N–H and O–H groups in total. The predicted molar refractivity (Wildman–Crippen MR) is 63.6 cm³/mol. The predicted octanol–water partition coefficient (Wildman–Crippen LogP) is 2.10. The van der Waals surface area contributed by atoms with Crippen LogP contribution in [0.1, 0.15) is 18.4 Å². The van der Waals surface area contributed by atoms with Crippen LogP contribution >= 0.6 is 0 Å². The summed E-state index contributed by atoms with van der Waals surface area (Å²) in [5, 5.41) is 3.37. The average Bonchev–Trinajstić information content (AvgIpc) is 2.38. The highest BCUT2D eigenvalue weighted by Gasteiger charge is 2.13. The van der Waals surface area contributed by atoms with E-state index in [0.29, 0.717) is 12.6 Å². The minimum atomic E-state index is -0.313. The van der Waals surface area contributed by atoms with Gasteiger partial charge in [0.2, 0.25) is 0 Å². The number of ether oxygens (including phenoxy) is 2. The van der Waals surface area contributed by atoms with Gasteiger partial charge in [0.15, 0.2) is 11.6 Å². The number of nitrogens with one attached hydrogen (secondary N) is 1. The average molecular weight is 239 g/mol. The van der Waals surface area contributed by atoms with Gasteiger partial charge in [-0.3, -0.25) is 0 Å². The number of methoxy groups -OCH3 is 1. The number of hydrogen-bond donors (Lipinski definition) is 1. The van der Waals surface area contributed by atoms with E-state index in [1.807, 2.05) is 6.07 Å². The lowest BCUT2D eigenvalue weighted by Gasteiger charge is -2.23. The highest BCUT2D eigenvalue weighted by Crippen LogP contribution is 2.17. The van der Waals surface area contributed by atoms with Gasteiger partial charge in [-0.05, 0) is 30.5 Å². The molecule has 1 saturated heterocycles. The van der Waals surface area contributed by atoms with Crippen LogP contribution in [0.4, 0.5) is 4.39 Å². The molecule has 0 bridgehead atoms. The first-order valence-electron chi connectivity index (χ1n) is 5.93. The largest absolute Gasteiger partial charge is 0.494 e. The first-order valence-corrected chi connectivity index (χ1v) is 5.93. The van der Waals surface area contributed by atoms with E-state index in [1.54, 1.807) is 6.07 Å². The zero-order valence-corrected chi connectivity index (χ0v) is 10.0. The third-order valence-electron chi connectivity index (χ3n) is 2.97. The van der Waals surface area contributed by atoms with Crippen LogP contribution in [0.2, 0.25) is 0 Å². The fraction of sp³-hybridized carbons (Fsp3) is 0.538. The molecule has 1 fully saturated rings. The fourth-order valence-corrected chi connectivity index (χ4v) is 1.98. The molecule has 1 atom stereocenters. The summed E-state index contributed by atoms with van der Waals surface area (Å²) in [6, 6.07) is 5.42. The lowest BCUT2D eigenvalue weighted by molar-refractivity contribution is 0.0699. The summed E-state index contributed by atoms with van der Waals surface area (Å²) < 4.78 is 23.7. The van der Waals surface area contributed by atoms with E-state index >= 15 is 0 Å². The van der Waals surface area contributed by atoms with Gasteiger partial charge in [-0.25, -0.2) is 4.39 Å². The van der Waals surface area contributed by atoms with Crippen LogP contribution in [0.25, 0.3) is 0 Å². The van der Waals surface area contributed by atoms with Gasteiger partial charge in [0.25, 0.3) is 0 Å². The van der Waals surface area contributed by atoms with Crippen molar-refractivity contribution in [1.29, 1.82) is 0 Å². The maximum atomic E-state index is 13.4. The van der Waals surface area contributed by atoms with E-state index in [-0.39, 0.29) is 11.6 Å². The van der Waals surface area contributed by atoms with Gasteiger partial charge in [-0.1, -0.05) is 6.07 Å². The van der Waals surface area contributed by atoms with Crippen molar-refractivity contribution in [3.63, 3.8) is 0 Å². The molecule has 17 heavy (non-hydrogen) atoms. The maximum absolute atomic E-state index is 13.4. The van der Waals surface area contributed by atoms with Crippen molar-refractivity contribution in [2.45, 2.75) is 25.4 Å². The lowest BCUT2D eigenvalue weighted by atomic mass is 10.1. The second-order valence-electron chi connectivity index (χ2n) is 4.26. The second-order valence-corrected chi connectivity index (χ2v) is 4.26. The Kier molecular flexibility index (Phi) is 4.34. The topological polar surface area (TPSA) is 30.5 Å². The molecule has 1 aliphatic rings. The van der Waals surface area contributed by atoms with E-state index < -0.39 is 0 Å². The summed E-state index contributed by atoms with van der Waals surface area (Å²) in [5.74, 6) is -0.0264. The van der Waals surface area contributed by atoms with Gasteiger partial charge in [0, 0.05) is 19.2 Å². The normalized spacial score (nSPS) is 20.2. The van der Waals surface area contributed by atoms with E-state index in [4.69, 9.17) is 9.47 Å². The van der Waals surface area contributed by atoms with Crippen molar-refractivity contribution < 1.29 is 13.9 Å². The minimum absolute atomic E-state index is 0.287. The van der Waals surface area contributed by atoms with E-state index in [0.717, 1.165) is 31.6 Å². The summed E-state index contributed by atoms with van der Waals surface area (Å²) in [6.07, 6.45) is 2.22. The van der Waals surface area contributed by atoms with Crippen molar-refractivity contribution in [3.05, 3.63) is 29.6 Å². The molecule has 0 amide bonds. The van der Waals surface area contributed by atoms with Crippen molar-refractivity contribution in [2.24, 2.45) is 0 Å². The number of rotatable bonds is 4. The van der Waals surface area contributed by atoms with Crippen LogP contribution in [-0.2, 0) is 11.3 Å². The summed E-state index contributed by atoms with van der Waals surface area (Å²) in [7, 11) is 1.47. The Balaban J connectivity index is 1.87. The second kappa shape index (κ2) is 5.98. The molecule has 2 rings (SSSR count). The SMILES string of the molecule is COc1ccc(CNC2CCCOC2)cc1F. The first-order chi connectivity index (χ1) is 8.29. The quantitative estimate of drug-likeness (QED) is 0.873. The third kappa shape index (κ3) is 3.41. The molecule has 0 spiro atoms. The van der Waals surface area contributed by atoms with Crippen LogP contribution in [0, 0.1) is 5.82 Å². The number of benzene rings is 1. The fourth-order valence-electron chi connectivity index (χ4n) is 1.98. The molecular formula is C13H18FNO2. The summed E-state index contributed by atoms with van der Waals surface area (Å²) in [4.78, 5) is 0. The molecule has 0 aromatic heterocycles. The van der Waals surface area contributed by atoms with Crippen molar-refractivity contribution >= 4 is 0 Å². The standard InChI is InChI=1S/C13H18FNO2/c1-16-13-5-4-10(7-12(13)14)8-15-11-3-2-6-17-9-11/h4-5,7,11,15H,2-3,6,8-9H2,1H3. The molecule has 1 aliphatic heterocycles. The summed E-state index contributed by atoms with van der Waals surface area (Å²) in [6.45, 7) is 2.27. The summed E-state index contributed by atoms with van der Waals surface area (Å²) in [5.41, 5.74) is 0.925. The smallest absolute Gasteiger partial charge is 0.165 e. The lowest BCUT2D eigenvalue weighted by Crippen LogP contribution is -2.36. The maximum Gasteiger partial charge on any atom is 0.165 e. The molecule has 1 aromatic rings. The van der Waals surface area contributed by atoms with Crippen LogP contribution in [0.3, 0.4) is 0 Å². The van der Waals surface area contributed by atoms with Gasteiger partial charge in [0.1, 0.15) is 0 Å². The zero-order chi connectivity index (χ0) is 12.1. The first kappa shape index (κ1) is 12.3. The molecule has 94 valence electrons. The number of hydrogen-bond acceptors (Lipinski definition) is 3. The van der Waals surface area contributed by atoms with Gasteiger partial charge < -0.3 is 14.8 Å². The summed E-state index contributed by atoms with van der Waals surface area (Å²) >= 11 is 0. The Labute approximate surface area is 101 Å². The molecule has 0 aliphatic carbocycles. The molecular weight excluding hydrogens is 221 g/mol. The van der Waals surface area contributed by atoms with E-state index in [2.05, 4.69) is 5.32 Å². The van der Waals surface area contributed by atoms with Gasteiger partial charge in [0.05, 0.1) is 13.7 Å². The Morgan fingerprint density at radius 1 is 1.53 bits per heavy atom. The molecule has 1 heterocycles. The minimum Gasteiger partial charge on any atom is -0.494 e. The van der Waals surface area contributed by atoms with Crippen LogP contribution < -0.4 is 10.1 Å². The Hall–Kier alpha value is -1.13.